The number of aromatic nitrogens is 2. The van der Waals surface area contributed by atoms with Crippen molar-refractivity contribution in [2.24, 2.45) is 5.92 Å². The van der Waals surface area contributed by atoms with Crippen molar-refractivity contribution in [3.63, 3.8) is 0 Å². The van der Waals surface area contributed by atoms with Crippen molar-refractivity contribution < 1.29 is 4.79 Å². The molecule has 21 heavy (non-hydrogen) atoms. The smallest absolute Gasteiger partial charge is 0.220 e. The third-order valence-electron chi connectivity index (χ3n) is 4.02. The number of piperidine rings is 1. The molecule has 1 saturated heterocycles. The maximum atomic E-state index is 12.1. The number of amides is 1. The van der Waals surface area contributed by atoms with Crippen LogP contribution in [0.4, 0.5) is 0 Å². The molecule has 1 fully saturated rings. The van der Waals surface area contributed by atoms with E-state index in [-0.39, 0.29) is 17.0 Å². The Kier molecular flexibility index (Phi) is 4.71. The predicted molar refractivity (Wildman–Crippen MR) is 83.9 cm³/mol. The molecule has 0 aromatic carbocycles. The number of hydrogen-bond donors (Lipinski definition) is 3. The van der Waals surface area contributed by atoms with E-state index < -0.39 is 0 Å². The van der Waals surface area contributed by atoms with E-state index in [1.165, 1.54) is 0 Å². The largest absolute Gasteiger partial charge is 0.356 e. The molecule has 1 aromatic rings. The Bertz CT molecular complexity index is 449. The van der Waals surface area contributed by atoms with Crippen molar-refractivity contribution in [2.45, 2.75) is 64.5 Å². The minimum atomic E-state index is 0.0998. The minimum absolute atomic E-state index is 0.0998. The van der Waals surface area contributed by atoms with Gasteiger partial charge in [0, 0.05) is 42.4 Å². The number of carbonyl (C=O) groups is 1. The van der Waals surface area contributed by atoms with E-state index in [2.05, 4.69) is 48.5 Å². The monoisotopic (exact) mass is 292 g/mol. The van der Waals surface area contributed by atoms with Crippen molar-refractivity contribution in [1.82, 2.24) is 20.8 Å². The maximum Gasteiger partial charge on any atom is 0.220 e. The van der Waals surface area contributed by atoms with Gasteiger partial charge in [0.05, 0.1) is 0 Å². The highest BCUT2D eigenvalue weighted by Gasteiger charge is 2.38. The molecule has 0 unspecified atom stereocenters. The lowest BCUT2D eigenvalue weighted by molar-refractivity contribution is -0.122. The molecule has 1 aromatic heterocycles. The first-order valence-corrected chi connectivity index (χ1v) is 7.80. The van der Waals surface area contributed by atoms with Gasteiger partial charge in [-0.25, -0.2) is 0 Å². The zero-order valence-electron chi connectivity index (χ0n) is 13.6. The third-order valence-corrected chi connectivity index (χ3v) is 4.02. The molecule has 118 valence electrons. The first kappa shape index (κ1) is 16.0. The van der Waals surface area contributed by atoms with Gasteiger partial charge in [0.15, 0.2) is 0 Å². The van der Waals surface area contributed by atoms with Crippen LogP contribution in [-0.2, 0) is 11.2 Å². The van der Waals surface area contributed by atoms with Crippen LogP contribution in [0.2, 0.25) is 0 Å². The van der Waals surface area contributed by atoms with Crippen LogP contribution in [0, 0.1) is 5.92 Å². The number of nitrogens with zero attached hydrogens (tertiary/aromatic N) is 1. The molecule has 5 nitrogen and oxygen atoms in total. The second kappa shape index (κ2) is 6.18. The van der Waals surface area contributed by atoms with Gasteiger partial charge < -0.3 is 10.6 Å². The van der Waals surface area contributed by atoms with Crippen LogP contribution < -0.4 is 10.6 Å². The van der Waals surface area contributed by atoms with E-state index in [0.29, 0.717) is 18.9 Å². The lowest BCUT2D eigenvalue weighted by atomic mass is 9.74. The van der Waals surface area contributed by atoms with E-state index in [9.17, 15) is 4.79 Å². The molecule has 1 aliphatic rings. The summed E-state index contributed by atoms with van der Waals surface area (Å²) in [5.41, 5.74) is 1.25. The first-order valence-electron chi connectivity index (χ1n) is 7.80. The second-order valence-corrected chi connectivity index (χ2v) is 7.55. The highest BCUT2D eigenvalue weighted by Crippen LogP contribution is 2.34. The summed E-state index contributed by atoms with van der Waals surface area (Å²) in [6.07, 6.45) is 5.25. The number of aromatic amines is 1. The average molecular weight is 292 g/mol. The Hall–Kier alpha value is -1.36. The van der Waals surface area contributed by atoms with Gasteiger partial charge >= 0.3 is 0 Å². The van der Waals surface area contributed by atoms with Gasteiger partial charge in [0.1, 0.15) is 0 Å². The van der Waals surface area contributed by atoms with Gasteiger partial charge in [-0.2, -0.15) is 5.10 Å². The van der Waals surface area contributed by atoms with Crippen LogP contribution >= 0.6 is 0 Å². The Balaban J connectivity index is 1.76. The Morgan fingerprint density at radius 3 is 2.57 bits per heavy atom. The van der Waals surface area contributed by atoms with Crippen LogP contribution in [0.15, 0.2) is 12.3 Å². The average Bonchev–Trinajstić information content (AvgIpc) is 2.77. The van der Waals surface area contributed by atoms with Crippen LogP contribution in [0.5, 0.6) is 0 Å². The van der Waals surface area contributed by atoms with Crippen LogP contribution in [0.25, 0.3) is 0 Å². The molecule has 0 saturated carbocycles. The fourth-order valence-corrected chi connectivity index (χ4v) is 3.77. The molecule has 1 amide bonds. The molecule has 0 radical (unpaired) electrons. The van der Waals surface area contributed by atoms with Crippen LogP contribution in [0.1, 0.15) is 52.7 Å². The fourth-order valence-electron chi connectivity index (χ4n) is 3.77. The van der Waals surface area contributed by atoms with Crippen molar-refractivity contribution in [3.05, 3.63) is 18.0 Å². The van der Waals surface area contributed by atoms with Crippen LogP contribution in [-0.4, -0.2) is 33.7 Å². The van der Waals surface area contributed by atoms with Gasteiger partial charge in [-0.3, -0.25) is 9.89 Å². The summed E-state index contributed by atoms with van der Waals surface area (Å²) in [5, 5.41) is 13.5. The van der Waals surface area contributed by atoms with Crippen molar-refractivity contribution in [3.8, 4) is 0 Å². The summed E-state index contributed by atoms with van der Waals surface area (Å²) in [5.74, 6) is 0.608. The Morgan fingerprint density at radius 2 is 2.00 bits per heavy atom. The Morgan fingerprint density at radius 1 is 1.33 bits per heavy atom. The highest BCUT2D eigenvalue weighted by atomic mass is 16.1. The van der Waals surface area contributed by atoms with E-state index >= 15 is 0 Å². The predicted octanol–water partition coefficient (Wildman–Crippen LogP) is 2.02. The summed E-state index contributed by atoms with van der Waals surface area (Å²) < 4.78 is 0. The van der Waals surface area contributed by atoms with Gasteiger partial charge in [-0.05, 0) is 52.5 Å². The standard InChI is InChI=1S/C16H28N4O/c1-15(2)10-12(11-16(3,4)20-15)9-14(21)17-7-5-13-6-8-18-19-13/h6,8,12,20H,5,7,9-11H2,1-4H3,(H,17,21)(H,18,19). The van der Waals surface area contributed by atoms with E-state index in [4.69, 9.17) is 0 Å². The van der Waals surface area contributed by atoms with E-state index in [1.807, 2.05) is 6.07 Å². The summed E-state index contributed by atoms with van der Waals surface area (Å²) in [4.78, 5) is 12.1. The van der Waals surface area contributed by atoms with Crippen LogP contribution in [0.3, 0.4) is 0 Å². The number of hydrogen-bond acceptors (Lipinski definition) is 3. The lowest BCUT2D eigenvalue weighted by Crippen LogP contribution is -2.58. The third kappa shape index (κ3) is 5.16. The van der Waals surface area contributed by atoms with Gasteiger partial charge in [0.25, 0.3) is 0 Å². The van der Waals surface area contributed by atoms with Crippen molar-refractivity contribution >= 4 is 5.91 Å². The van der Waals surface area contributed by atoms with Crippen molar-refractivity contribution in [2.75, 3.05) is 6.54 Å². The molecule has 2 heterocycles. The topological polar surface area (TPSA) is 69.8 Å². The molecule has 0 bridgehead atoms. The quantitative estimate of drug-likeness (QED) is 0.777. The zero-order chi connectivity index (χ0) is 15.5. The summed E-state index contributed by atoms with van der Waals surface area (Å²) in [6, 6.07) is 1.93. The molecule has 5 heteroatoms. The number of H-pyrrole nitrogens is 1. The fraction of sp³-hybridized carbons (Fsp3) is 0.750. The van der Waals surface area contributed by atoms with Gasteiger partial charge in [-0.1, -0.05) is 0 Å². The summed E-state index contributed by atoms with van der Waals surface area (Å²) in [6.45, 7) is 9.54. The van der Waals surface area contributed by atoms with Gasteiger partial charge in [-0.15, -0.1) is 0 Å². The van der Waals surface area contributed by atoms with E-state index in [0.717, 1.165) is 25.0 Å². The summed E-state index contributed by atoms with van der Waals surface area (Å²) >= 11 is 0. The van der Waals surface area contributed by atoms with Crippen molar-refractivity contribution in [1.29, 1.82) is 0 Å². The van der Waals surface area contributed by atoms with Gasteiger partial charge in [0.2, 0.25) is 5.91 Å². The minimum Gasteiger partial charge on any atom is -0.356 e. The molecule has 3 N–H and O–H groups in total. The normalized spacial score (nSPS) is 21.1. The summed E-state index contributed by atoms with van der Waals surface area (Å²) in [7, 11) is 0. The Labute approximate surface area is 127 Å². The zero-order valence-corrected chi connectivity index (χ0v) is 13.6. The molecule has 0 atom stereocenters. The molecule has 1 aliphatic heterocycles. The molecular weight excluding hydrogens is 264 g/mol. The number of carbonyl (C=O) groups excluding carboxylic acids is 1. The van der Waals surface area contributed by atoms with E-state index in [1.54, 1.807) is 6.20 Å². The second-order valence-electron chi connectivity index (χ2n) is 7.55. The SMILES string of the molecule is CC1(C)CC(CC(=O)NCCc2ccn[nH]2)CC(C)(C)N1. The lowest BCUT2D eigenvalue weighted by Gasteiger charge is -2.46. The number of nitrogens with one attached hydrogen (secondary N) is 3. The molecule has 0 spiro atoms. The highest BCUT2D eigenvalue weighted by molar-refractivity contribution is 5.76. The maximum absolute atomic E-state index is 12.1. The number of rotatable bonds is 5. The molecule has 0 aliphatic carbocycles. The molecular formula is C16H28N4O. The molecule has 2 rings (SSSR count). The first-order chi connectivity index (χ1) is 9.76.